The Balaban J connectivity index is 2.49. The van der Waals surface area contributed by atoms with Crippen LogP contribution < -0.4 is 0 Å². The van der Waals surface area contributed by atoms with Gasteiger partial charge in [-0.05, 0) is 28.6 Å². The lowest BCUT2D eigenvalue weighted by molar-refractivity contribution is -0.131. The number of carboxylic acids is 1. The molecule has 6 nitrogen and oxygen atoms in total. The lowest BCUT2D eigenvalue weighted by atomic mass is 10.3. The summed E-state index contributed by atoms with van der Waals surface area (Å²) in [6.07, 6.45) is 2.19. The van der Waals surface area contributed by atoms with E-state index in [9.17, 15) is 4.79 Å². The molecule has 0 bridgehead atoms. The minimum Gasteiger partial charge on any atom is -0.478 e. The van der Waals surface area contributed by atoms with Crippen LogP contribution in [0.25, 0.3) is 11.8 Å². The van der Waals surface area contributed by atoms with Crippen molar-refractivity contribution in [2.75, 3.05) is 0 Å². The Morgan fingerprint density at radius 1 is 1.39 bits per heavy atom. The summed E-state index contributed by atoms with van der Waals surface area (Å²) in [6, 6.07) is 4.99. The highest BCUT2D eigenvalue weighted by Crippen LogP contribution is 2.28. The van der Waals surface area contributed by atoms with Crippen LogP contribution in [0.1, 0.15) is 5.82 Å². The van der Waals surface area contributed by atoms with Crippen molar-refractivity contribution in [3.05, 3.63) is 40.1 Å². The average Bonchev–Trinajstić information content (AvgIpc) is 2.78. The smallest absolute Gasteiger partial charge is 0.328 e. The maximum Gasteiger partial charge on any atom is 0.328 e. The number of hydrogen-bond acceptors (Lipinski definition) is 4. The molecule has 0 aliphatic rings. The molecule has 1 aromatic heterocycles. The fourth-order valence-corrected chi connectivity index (χ4v) is 1.65. The van der Waals surface area contributed by atoms with Gasteiger partial charge in [0.1, 0.15) is 0 Å². The number of benzene rings is 1. The number of aliphatic carboxylic acids is 1. The highest BCUT2D eigenvalue weighted by Gasteiger charge is 2.11. The molecule has 1 N–H and O–H groups in total. The third kappa shape index (κ3) is 2.49. The van der Waals surface area contributed by atoms with Gasteiger partial charge in [-0.2, -0.15) is 4.68 Å². The zero-order valence-corrected chi connectivity index (χ0v) is 10.3. The van der Waals surface area contributed by atoms with Gasteiger partial charge in [-0.25, -0.2) is 4.79 Å². The minimum absolute atomic E-state index is 0.238. The number of rotatable bonds is 3. The van der Waals surface area contributed by atoms with Gasteiger partial charge in [-0.3, -0.25) is 0 Å². The molecule has 1 heterocycles. The first-order valence-corrected chi connectivity index (χ1v) is 5.49. The van der Waals surface area contributed by atoms with E-state index < -0.39 is 5.97 Å². The number of nitrogens with zero attached hydrogens (tertiary/aromatic N) is 4. The van der Waals surface area contributed by atoms with Crippen molar-refractivity contribution >= 4 is 35.2 Å². The number of halogens is 2. The van der Waals surface area contributed by atoms with Crippen LogP contribution in [0.4, 0.5) is 0 Å². The van der Waals surface area contributed by atoms with Crippen LogP contribution in [0.15, 0.2) is 24.3 Å². The molecular weight excluding hydrogens is 279 g/mol. The first-order chi connectivity index (χ1) is 8.59. The molecule has 0 saturated heterocycles. The van der Waals surface area contributed by atoms with Crippen molar-refractivity contribution in [2.24, 2.45) is 0 Å². The molecule has 18 heavy (non-hydrogen) atoms. The van der Waals surface area contributed by atoms with Gasteiger partial charge in [0.15, 0.2) is 5.82 Å². The first kappa shape index (κ1) is 12.5. The first-order valence-electron chi connectivity index (χ1n) is 4.73. The molecule has 0 aliphatic carbocycles. The van der Waals surface area contributed by atoms with E-state index in [0.717, 1.165) is 6.08 Å². The number of carbonyl (C=O) groups is 1. The molecule has 2 aromatic rings. The second-order valence-corrected chi connectivity index (χ2v) is 3.98. The van der Waals surface area contributed by atoms with Crippen LogP contribution in [-0.2, 0) is 4.79 Å². The summed E-state index contributed by atoms with van der Waals surface area (Å²) in [7, 11) is 0. The Morgan fingerprint density at radius 3 is 2.89 bits per heavy atom. The van der Waals surface area contributed by atoms with E-state index in [1.165, 1.54) is 10.8 Å². The van der Waals surface area contributed by atoms with E-state index in [1.54, 1.807) is 18.2 Å². The minimum atomic E-state index is -1.10. The Labute approximate surface area is 111 Å². The normalized spacial score (nSPS) is 11.0. The Kier molecular flexibility index (Phi) is 3.59. The van der Waals surface area contributed by atoms with Crippen LogP contribution >= 0.6 is 23.2 Å². The fraction of sp³-hybridized carbons (Fsp3) is 0. The SMILES string of the molecule is O=C(O)/C=C/c1nnnn1-c1cccc(Cl)c1Cl. The molecular formula is C10H6Cl2N4O2. The van der Waals surface area contributed by atoms with Crippen LogP contribution in [-0.4, -0.2) is 31.3 Å². The molecule has 0 spiro atoms. The van der Waals surface area contributed by atoms with Crippen molar-refractivity contribution in [3.8, 4) is 5.69 Å². The third-order valence-corrected chi connectivity index (χ3v) is 2.84. The van der Waals surface area contributed by atoms with Crippen LogP contribution in [0.2, 0.25) is 10.0 Å². The van der Waals surface area contributed by atoms with E-state index in [4.69, 9.17) is 28.3 Å². The summed E-state index contributed by atoms with van der Waals surface area (Å²) < 4.78 is 1.30. The quantitative estimate of drug-likeness (QED) is 0.873. The van der Waals surface area contributed by atoms with E-state index in [0.29, 0.717) is 10.7 Å². The Morgan fingerprint density at radius 2 is 2.17 bits per heavy atom. The largest absolute Gasteiger partial charge is 0.478 e. The summed E-state index contributed by atoms with van der Waals surface area (Å²) >= 11 is 11.9. The molecule has 0 fully saturated rings. The van der Waals surface area contributed by atoms with Crippen LogP contribution in [0.3, 0.4) is 0 Å². The predicted molar refractivity (Wildman–Crippen MR) is 65.8 cm³/mol. The average molecular weight is 285 g/mol. The van der Waals surface area contributed by atoms with Gasteiger partial charge >= 0.3 is 5.97 Å². The molecule has 1 aromatic carbocycles. The number of carboxylic acid groups (broad SMARTS) is 1. The third-order valence-electron chi connectivity index (χ3n) is 2.03. The van der Waals surface area contributed by atoms with Gasteiger partial charge in [-0.15, -0.1) is 5.10 Å². The fourth-order valence-electron chi connectivity index (χ4n) is 1.27. The monoisotopic (exact) mass is 284 g/mol. The van der Waals surface area contributed by atoms with Gasteiger partial charge in [0.05, 0.1) is 15.7 Å². The zero-order valence-electron chi connectivity index (χ0n) is 8.79. The number of hydrogen-bond donors (Lipinski definition) is 1. The molecule has 92 valence electrons. The Hall–Kier alpha value is -1.92. The summed E-state index contributed by atoms with van der Waals surface area (Å²) in [6.45, 7) is 0. The summed E-state index contributed by atoms with van der Waals surface area (Å²) in [5, 5.41) is 20.1. The van der Waals surface area contributed by atoms with Gasteiger partial charge in [0.2, 0.25) is 0 Å². The maximum absolute atomic E-state index is 10.5. The van der Waals surface area contributed by atoms with E-state index in [1.807, 2.05) is 0 Å². The molecule has 0 saturated carbocycles. The predicted octanol–water partition coefficient (Wildman–Crippen LogP) is 2.07. The van der Waals surface area contributed by atoms with Crippen molar-refractivity contribution in [1.82, 2.24) is 20.2 Å². The molecule has 0 aliphatic heterocycles. The number of aromatic nitrogens is 4. The van der Waals surface area contributed by atoms with Crippen molar-refractivity contribution < 1.29 is 9.90 Å². The van der Waals surface area contributed by atoms with Crippen molar-refractivity contribution in [1.29, 1.82) is 0 Å². The van der Waals surface area contributed by atoms with Crippen molar-refractivity contribution in [2.45, 2.75) is 0 Å². The Bertz CT molecular complexity index is 624. The van der Waals surface area contributed by atoms with Gasteiger partial charge in [0, 0.05) is 6.08 Å². The second-order valence-electron chi connectivity index (χ2n) is 3.19. The highest BCUT2D eigenvalue weighted by molar-refractivity contribution is 6.43. The van der Waals surface area contributed by atoms with Gasteiger partial charge in [0.25, 0.3) is 0 Å². The summed E-state index contributed by atoms with van der Waals surface area (Å²) in [5.74, 6) is -0.858. The highest BCUT2D eigenvalue weighted by atomic mass is 35.5. The summed E-state index contributed by atoms with van der Waals surface area (Å²) in [5.41, 5.74) is 0.471. The molecule has 0 amide bonds. The maximum atomic E-state index is 10.5. The standard InChI is InChI=1S/C10H6Cl2N4O2/c11-6-2-1-3-7(10(6)12)16-8(13-14-15-16)4-5-9(17)18/h1-5H,(H,17,18)/b5-4+. The number of tetrazole rings is 1. The molecule has 2 rings (SSSR count). The van der Waals surface area contributed by atoms with Crippen LogP contribution in [0, 0.1) is 0 Å². The van der Waals surface area contributed by atoms with E-state index in [-0.39, 0.29) is 10.8 Å². The van der Waals surface area contributed by atoms with E-state index >= 15 is 0 Å². The summed E-state index contributed by atoms with van der Waals surface area (Å²) in [4.78, 5) is 10.5. The lowest BCUT2D eigenvalue weighted by Crippen LogP contribution is -2.01. The van der Waals surface area contributed by atoms with Crippen molar-refractivity contribution in [3.63, 3.8) is 0 Å². The van der Waals surface area contributed by atoms with Gasteiger partial charge in [-0.1, -0.05) is 29.3 Å². The topological polar surface area (TPSA) is 80.9 Å². The molecule has 8 heteroatoms. The zero-order chi connectivity index (χ0) is 13.1. The molecule has 0 atom stereocenters. The van der Waals surface area contributed by atoms with Gasteiger partial charge < -0.3 is 5.11 Å². The van der Waals surface area contributed by atoms with E-state index in [2.05, 4.69) is 15.5 Å². The molecule has 0 unspecified atom stereocenters. The molecule has 0 radical (unpaired) electrons. The lowest BCUT2D eigenvalue weighted by Gasteiger charge is -2.05. The van der Waals surface area contributed by atoms with Crippen LogP contribution in [0.5, 0.6) is 0 Å². The second kappa shape index (κ2) is 5.16.